The summed E-state index contributed by atoms with van der Waals surface area (Å²) in [4.78, 5) is 0. The van der Waals surface area contributed by atoms with Crippen molar-refractivity contribution in [1.82, 2.24) is 0 Å². The van der Waals surface area contributed by atoms with Gasteiger partial charge in [0.05, 0.1) is 11.5 Å². The molecule has 2 aromatic carbocycles. The number of ether oxygens (including phenoxy) is 2. The molecule has 6 atom stereocenters. The highest BCUT2D eigenvalue weighted by atomic mass is 16.7. The zero-order chi connectivity index (χ0) is 27.0. The van der Waals surface area contributed by atoms with Gasteiger partial charge in [-0.15, -0.1) is 0 Å². The van der Waals surface area contributed by atoms with E-state index < -0.39 is 11.7 Å². The molecule has 0 saturated heterocycles. The Labute approximate surface area is 227 Å². The summed E-state index contributed by atoms with van der Waals surface area (Å²) in [5, 5.41) is 0. The maximum absolute atomic E-state index is 6.91. The fourth-order valence-corrected chi connectivity index (χ4v) is 6.31. The molecule has 0 aromatic heterocycles. The molecule has 2 aliphatic carbocycles. The van der Waals surface area contributed by atoms with Gasteiger partial charge in [-0.05, 0) is 98.0 Å². The van der Waals surface area contributed by atoms with Gasteiger partial charge in [0.25, 0.3) is 0 Å². The summed E-state index contributed by atoms with van der Waals surface area (Å²) in [5.41, 5.74) is 2.89. The molecule has 0 radical (unpaired) electrons. The van der Waals surface area contributed by atoms with Gasteiger partial charge in [-0.1, -0.05) is 96.3 Å². The highest BCUT2D eigenvalue weighted by Gasteiger charge is 2.47. The molecular formula is C35H50O2. The van der Waals surface area contributed by atoms with Crippen LogP contribution in [0.1, 0.15) is 97.1 Å². The smallest absolute Gasteiger partial charge is 0.213 e. The molecule has 2 heteroatoms. The molecule has 4 rings (SSSR count). The Hall–Kier alpha value is -2.32. The van der Waals surface area contributed by atoms with Gasteiger partial charge in [-0.2, -0.15) is 0 Å². The van der Waals surface area contributed by atoms with Crippen molar-refractivity contribution in [3.05, 3.63) is 90.5 Å². The lowest BCUT2D eigenvalue weighted by atomic mass is 9.75. The van der Waals surface area contributed by atoms with Gasteiger partial charge in [0, 0.05) is 0 Å². The molecule has 2 saturated carbocycles. The SMILES string of the molecule is C=CC(=C)C(C)(c1ccccc1)C(Oc1ccc(C(CC)CC(C)C)cc1)OC1CC2CCC1C2.CC. The zero-order valence-electron chi connectivity index (χ0n) is 24.2. The maximum Gasteiger partial charge on any atom is 0.213 e. The van der Waals surface area contributed by atoms with Gasteiger partial charge in [0.1, 0.15) is 5.75 Å². The second-order valence-electron chi connectivity index (χ2n) is 11.4. The molecule has 2 nitrogen and oxygen atoms in total. The topological polar surface area (TPSA) is 18.5 Å². The lowest BCUT2D eigenvalue weighted by Gasteiger charge is -2.41. The molecule has 37 heavy (non-hydrogen) atoms. The third-order valence-electron chi connectivity index (χ3n) is 8.57. The van der Waals surface area contributed by atoms with Crippen molar-refractivity contribution in [3.8, 4) is 5.75 Å². The summed E-state index contributed by atoms with van der Waals surface area (Å²) < 4.78 is 13.7. The Morgan fingerprint density at radius 2 is 1.70 bits per heavy atom. The predicted octanol–water partition coefficient (Wildman–Crippen LogP) is 9.86. The number of allylic oxidation sites excluding steroid dienone is 1. The monoisotopic (exact) mass is 502 g/mol. The minimum Gasteiger partial charge on any atom is -0.464 e. The molecule has 2 aromatic rings. The number of rotatable bonds is 12. The molecule has 0 aliphatic heterocycles. The van der Waals surface area contributed by atoms with Crippen molar-refractivity contribution in [2.75, 3.05) is 0 Å². The molecule has 0 spiro atoms. The molecule has 0 amide bonds. The van der Waals surface area contributed by atoms with Crippen LogP contribution in [0.5, 0.6) is 5.75 Å². The molecule has 0 N–H and O–H groups in total. The van der Waals surface area contributed by atoms with Crippen molar-refractivity contribution in [1.29, 1.82) is 0 Å². The van der Waals surface area contributed by atoms with Crippen LogP contribution >= 0.6 is 0 Å². The molecular weight excluding hydrogens is 452 g/mol. The quantitative estimate of drug-likeness (QED) is 0.212. The van der Waals surface area contributed by atoms with Crippen LogP contribution in [0.3, 0.4) is 0 Å². The maximum atomic E-state index is 6.91. The second-order valence-corrected chi connectivity index (χ2v) is 11.4. The van der Waals surface area contributed by atoms with E-state index in [1.807, 2.05) is 26.0 Å². The zero-order valence-corrected chi connectivity index (χ0v) is 24.2. The average molecular weight is 503 g/mol. The summed E-state index contributed by atoms with van der Waals surface area (Å²) >= 11 is 0. The van der Waals surface area contributed by atoms with E-state index in [0.717, 1.165) is 35.6 Å². The molecule has 202 valence electrons. The van der Waals surface area contributed by atoms with E-state index in [2.05, 4.69) is 89.4 Å². The molecule has 2 fully saturated rings. The molecule has 2 aliphatic rings. The Morgan fingerprint density at radius 1 is 1.03 bits per heavy atom. The summed E-state index contributed by atoms with van der Waals surface area (Å²) in [5.74, 6) is 3.57. The predicted molar refractivity (Wildman–Crippen MR) is 158 cm³/mol. The minimum absolute atomic E-state index is 0.245. The van der Waals surface area contributed by atoms with E-state index in [1.54, 1.807) is 0 Å². The van der Waals surface area contributed by atoms with E-state index in [9.17, 15) is 0 Å². The Bertz CT molecular complexity index is 976. The van der Waals surface area contributed by atoms with E-state index in [4.69, 9.17) is 9.47 Å². The highest BCUT2D eigenvalue weighted by molar-refractivity contribution is 5.41. The first kappa shape index (κ1) is 29.2. The Morgan fingerprint density at radius 3 is 2.22 bits per heavy atom. The van der Waals surface area contributed by atoms with Crippen molar-refractivity contribution in [2.24, 2.45) is 17.8 Å². The van der Waals surface area contributed by atoms with Gasteiger partial charge in [0.15, 0.2) is 0 Å². The third-order valence-corrected chi connectivity index (χ3v) is 8.57. The van der Waals surface area contributed by atoms with Crippen LogP contribution < -0.4 is 4.74 Å². The largest absolute Gasteiger partial charge is 0.464 e. The normalized spacial score (nSPS) is 23.5. The fourth-order valence-electron chi connectivity index (χ4n) is 6.31. The molecule has 6 unspecified atom stereocenters. The van der Waals surface area contributed by atoms with Gasteiger partial charge in [-0.25, -0.2) is 0 Å². The van der Waals surface area contributed by atoms with Crippen molar-refractivity contribution < 1.29 is 9.47 Å². The summed E-state index contributed by atoms with van der Waals surface area (Å²) in [6.45, 7) is 21.5. The first-order valence-electron chi connectivity index (χ1n) is 14.6. The number of hydrogen-bond acceptors (Lipinski definition) is 2. The third kappa shape index (κ3) is 6.77. The van der Waals surface area contributed by atoms with E-state index >= 15 is 0 Å². The van der Waals surface area contributed by atoms with E-state index in [1.165, 1.54) is 31.2 Å². The summed E-state index contributed by atoms with van der Waals surface area (Å²) in [6, 6.07) is 19.2. The van der Waals surface area contributed by atoms with Crippen LogP contribution in [0.2, 0.25) is 0 Å². The van der Waals surface area contributed by atoms with Crippen LogP contribution in [-0.2, 0) is 10.2 Å². The minimum atomic E-state index is -0.549. The first-order chi connectivity index (χ1) is 17.8. The van der Waals surface area contributed by atoms with Crippen LogP contribution in [0.25, 0.3) is 0 Å². The van der Waals surface area contributed by atoms with E-state index in [0.29, 0.717) is 17.8 Å². The highest BCUT2D eigenvalue weighted by Crippen LogP contribution is 2.48. The molecule has 2 bridgehead atoms. The van der Waals surface area contributed by atoms with Crippen molar-refractivity contribution in [2.45, 2.75) is 104 Å². The van der Waals surface area contributed by atoms with Gasteiger partial charge < -0.3 is 9.47 Å². The van der Waals surface area contributed by atoms with Gasteiger partial charge in [0.2, 0.25) is 6.29 Å². The number of hydrogen-bond donors (Lipinski definition) is 0. The van der Waals surface area contributed by atoms with Crippen LogP contribution in [0.4, 0.5) is 0 Å². The lowest BCUT2D eigenvalue weighted by Crippen LogP contribution is -2.46. The summed E-state index contributed by atoms with van der Waals surface area (Å²) in [6.07, 6.45) is 9.04. The van der Waals surface area contributed by atoms with Crippen LogP contribution in [-0.4, -0.2) is 12.4 Å². The van der Waals surface area contributed by atoms with Crippen molar-refractivity contribution in [3.63, 3.8) is 0 Å². The van der Waals surface area contributed by atoms with Crippen LogP contribution in [0.15, 0.2) is 79.4 Å². The number of benzene rings is 2. The number of fused-ring (bicyclic) bond motifs is 2. The average Bonchev–Trinajstić information content (AvgIpc) is 3.56. The summed E-state index contributed by atoms with van der Waals surface area (Å²) in [7, 11) is 0. The molecule has 0 heterocycles. The standard InChI is InChI=1S/C33H44O2.C2H6/c1-7-24(5)33(6,29-12-10-9-11-13-29)32(35-31-22-25-14-15-28(31)21-25)34-30-18-16-27(17-19-30)26(8-2)20-23(3)4;1-2/h7,9-13,16-19,23,25-26,28,31-32H,1,5,8,14-15,20-22H2,2-4,6H3;1-2H3. The Balaban J connectivity index is 0.00000186. The Kier molecular flexibility index (Phi) is 10.6. The van der Waals surface area contributed by atoms with Crippen LogP contribution in [0, 0.1) is 17.8 Å². The van der Waals surface area contributed by atoms with Gasteiger partial charge >= 0.3 is 0 Å². The second kappa shape index (κ2) is 13.5. The lowest BCUT2D eigenvalue weighted by molar-refractivity contribution is -0.160. The fraction of sp³-hybridized carbons (Fsp3) is 0.543. The first-order valence-corrected chi connectivity index (χ1v) is 14.6. The van der Waals surface area contributed by atoms with E-state index in [-0.39, 0.29) is 6.10 Å². The van der Waals surface area contributed by atoms with Gasteiger partial charge in [-0.3, -0.25) is 0 Å². The van der Waals surface area contributed by atoms with Crippen molar-refractivity contribution >= 4 is 0 Å².